The van der Waals surface area contributed by atoms with Gasteiger partial charge in [-0.2, -0.15) is 0 Å². The lowest BCUT2D eigenvalue weighted by Gasteiger charge is -2.09. The van der Waals surface area contributed by atoms with E-state index in [0.29, 0.717) is 11.9 Å². The molecule has 0 N–H and O–H groups in total. The Labute approximate surface area is 130 Å². The minimum Gasteiger partial charge on any atom is -0.487 e. The standard InChI is InChI=1S/C16H14BrNOS/c1-11-6-7-15(14(8-17)18-11)19-9-12-10-20-16-5-3-2-4-13(12)16/h2-7,10H,8-9H2,1H3. The Balaban J connectivity index is 1.83. The van der Waals surface area contributed by atoms with Gasteiger partial charge in [-0.25, -0.2) is 0 Å². The van der Waals surface area contributed by atoms with Gasteiger partial charge in [0.25, 0.3) is 0 Å². The van der Waals surface area contributed by atoms with Crippen LogP contribution >= 0.6 is 27.3 Å². The average molecular weight is 348 g/mol. The average Bonchev–Trinajstić information content (AvgIpc) is 2.89. The summed E-state index contributed by atoms with van der Waals surface area (Å²) >= 11 is 5.22. The summed E-state index contributed by atoms with van der Waals surface area (Å²) in [6.07, 6.45) is 0. The first-order chi connectivity index (χ1) is 9.78. The maximum Gasteiger partial charge on any atom is 0.142 e. The molecule has 4 heteroatoms. The summed E-state index contributed by atoms with van der Waals surface area (Å²) in [5.41, 5.74) is 3.18. The number of alkyl halides is 1. The van der Waals surface area contributed by atoms with Gasteiger partial charge in [-0.15, -0.1) is 11.3 Å². The van der Waals surface area contributed by atoms with Crippen LogP contribution in [-0.2, 0) is 11.9 Å². The highest BCUT2D eigenvalue weighted by Crippen LogP contribution is 2.27. The van der Waals surface area contributed by atoms with Crippen LogP contribution in [0.2, 0.25) is 0 Å². The van der Waals surface area contributed by atoms with E-state index < -0.39 is 0 Å². The molecule has 0 saturated carbocycles. The molecular formula is C16H14BrNOS. The smallest absolute Gasteiger partial charge is 0.142 e. The maximum absolute atomic E-state index is 5.95. The van der Waals surface area contributed by atoms with Gasteiger partial charge < -0.3 is 4.74 Å². The number of hydrogen-bond donors (Lipinski definition) is 0. The Morgan fingerprint density at radius 1 is 1.20 bits per heavy atom. The molecule has 0 unspecified atom stereocenters. The van der Waals surface area contributed by atoms with Crippen LogP contribution in [0.3, 0.4) is 0 Å². The van der Waals surface area contributed by atoms with Gasteiger partial charge in [0, 0.05) is 21.3 Å². The van der Waals surface area contributed by atoms with Gasteiger partial charge >= 0.3 is 0 Å². The third kappa shape index (κ3) is 2.72. The summed E-state index contributed by atoms with van der Waals surface area (Å²) in [6.45, 7) is 2.57. The van der Waals surface area contributed by atoms with Gasteiger partial charge in [-0.1, -0.05) is 34.1 Å². The lowest BCUT2D eigenvalue weighted by atomic mass is 10.2. The molecule has 0 radical (unpaired) electrons. The van der Waals surface area contributed by atoms with Crippen molar-refractivity contribution in [3.8, 4) is 5.75 Å². The molecule has 0 amide bonds. The number of benzene rings is 1. The van der Waals surface area contributed by atoms with E-state index in [1.807, 2.05) is 19.1 Å². The predicted molar refractivity (Wildman–Crippen MR) is 87.8 cm³/mol. The van der Waals surface area contributed by atoms with E-state index in [4.69, 9.17) is 4.74 Å². The number of fused-ring (bicyclic) bond motifs is 1. The Bertz CT molecular complexity index is 738. The Morgan fingerprint density at radius 2 is 2.05 bits per heavy atom. The zero-order valence-electron chi connectivity index (χ0n) is 11.1. The van der Waals surface area contributed by atoms with Crippen molar-refractivity contribution < 1.29 is 4.74 Å². The molecule has 0 saturated heterocycles. The van der Waals surface area contributed by atoms with Crippen molar-refractivity contribution in [2.75, 3.05) is 0 Å². The molecule has 1 aromatic carbocycles. The van der Waals surface area contributed by atoms with Gasteiger partial charge in [0.2, 0.25) is 0 Å². The summed E-state index contributed by atoms with van der Waals surface area (Å²) in [6, 6.07) is 12.4. The Hall–Kier alpha value is -1.39. The summed E-state index contributed by atoms with van der Waals surface area (Å²) in [5.74, 6) is 0.850. The van der Waals surface area contributed by atoms with Crippen molar-refractivity contribution in [2.24, 2.45) is 0 Å². The molecule has 0 aliphatic heterocycles. The molecular weight excluding hydrogens is 334 g/mol. The molecule has 0 spiro atoms. The van der Waals surface area contributed by atoms with Crippen LogP contribution in [0.25, 0.3) is 10.1 Å². The molecule has 102 valence electrons. The monoisotopic (exact) mass is 347 g/mol. The van der Waals surface area contributed by atoms with E-state index in [1.165, 1.54) is 15.6 Å². The summed E-state index contributed by atoms with van der Waals surface area (Å²) in [5, 5.41) is 4.15. The molecule has 2 aromatic heterocycles. The molecule has 2 nitrogen and oxygen atoms in total. The molecule has 3 aromatic rings. The fourth-order valence-corrected chi connectivity index (χ4v) is 3.47. The van der Waals surface area contributed by atoms with Gasteiger partial charge in [0.05, 0.1) is 5.69 Å². The van der Waals surface area contributed by atoms with Crippen LogP contribution in [0.15, 0.2) is 41.8 Å². The topological polar surface area (TPSA) is 22.1 Å². The molecule has 3 rings (SSSR count). The first-order valence-electron chi connectivity index (χ1n) is 6.38. The SMILES string of the molecule is Cc1ccc(OCc2csc3ccccc23)c(CBr)n1. The normalized spacial score (nSPS) is 10.9. The van der Waals surface area contributed by atoms with Crippen LogP contribution in [0.4, 0.5) is 0 Å². The Morgan fingerprint density at radius 3 is 2.90 bits per heavy atom. The number of ether oxygens (including phenoxy) is 1. The van der Waals surface area contributed by atoms with Crippen molar-refractivity contribution in [3.63, 3.8) is 0 Å². The number of halogens is 1. The van der Waals surface area contributed by atoms with Crippen molar-refractivity contribution in [3.05, 3.63) is 58.7 Å². The number of pyridine rings is 1. The third-order valence-corrected chi connectivity index (χ3v) is 4.69. The number of rotatable bonds is 4. The largest absolute Gasteiger partial charge is 0.487 e. The van der Waals surface area contributed by atoms with Crippen LogP contribution < -0.4 is 4.74 Å². The summed E-state index contributed by atoms with van der Waals surface area (Å²) < 4.78 is 7.25. The highest BCUT2D eigenvalue weighted by atomic mass is 79.9. The minimum atomic E-state index is 0.578. The number of hydrogen-bond acceptors (Lipinski definition) is 3. The van der Waals surface area contributed by atoms with E-state index in [9.17, 15) is 0 Å². The maximum atomic E-state index is 5.95. The number of aryl methyl sites for hydroxylation is 1. The van der Waals surface area contributed by atoms with Crippen molar-refractivity contribution in [2.45, 2.75) is 18.9 Å². The molecule has 0 bridgehead atoms. The molecule has 0 aliphatic rings. The highest BCUT2D eigenvalue weighted by Gasteiger charge is 2.07. The minimum absolute atomic E-state index is 0.578. The van der Waals surface area contributed by atoms with E-state index in [-0.39, 0.29) is 0 Å². The van der Waals surface area contributed by atoms with Crippen LogP contribution in [0.5, 0.6) is 5.75 Å². The van der Waals surface area contributed by atoms with Crippen molar-refractivity contribution in [1.82, 2.24) is 4.98 Å². The van der Waals surface area contributed by atoms with Crippen molar-refractivity contribution >= 4 is 37.4 Å². The van der Waals surface area contributed by atoms with Gasteiger partial charge in [-0.05, 0) is 35.9 Å². The number of thiophene rings is 1. The second-order valence-electron chi connectivity index (χ2n) is 4.58. The van der Waals surface area contributed by atoms with E-state index in [1.54, 1.807) is 11.3 Å². The molecule has 2 heterocycles. The van der Waals surface area contributed by atoms with Crippen LogP contribution in [-0.4, -0.2) is 4.98 Å². The van der Waals surface area contributed by atoms with Gasteiger partial charge in [-0.3, -0.25) is 4.98 Å². The predicted octanol–water partition coefficient (Wildman–Crippen LogP) is 5.08. The molecule has 0 atom stereocenters. The third-order valence-electron chi connectivity index (χ3n) is 3.14. The zero-order valence-corrected chi connectivity index (χ0v) is 13.5. The number of aromatic nitrogens is 1. The summed E-state index contributed by atoms with van der Waals surface area (Å²) in [7, 11) is 0. The number of nitrogens with zero attached hydrogens (tertiary/aromatic N) is 1. The van der Waals surface area contributed by atoms with Gasteiger partial charge in [0.15, 0.2) is 0 Å². The Kier molecular flexibility index (Phi) is 4.03. The second kappa shape index (κ2) is 5.94. The quantitative estimate of drug-likeness (QED) is 0.614. The lowest BCUT2D eigenvalue weighted by Crippen LogP contribution is -1.99. The lowest BCUT2D eigenvalue weighted by molar-refractivity contribution is 0.304. The fourth-order valence-electron chi connectivity index (χ4n) is 2.12. The first kappa shape index (κ1) is 13.6. The van der Waals surface area contributed by atoms with Crippen molar-refractivity contribution in [1.29, 1.82) is 0 Å². The second-order valence-corrected chi connectivity index (χ2v) is 6.05. The van der Waals surface area contributed by atoms with E-state index in [2.05, 4.69) is 50.6 Å². The fraction of sp³-hybridized carbons (Fsp3) is 0.188. The molecule has 0 aliphatic carbocycles. The first-order valence-corrected chi connectivity index (χ1v) is 8.38. The van der Waals surface area contributed by atoms with Crippen LogP contribution in [0, 0.1) is 6.92 Å². The summed E-state index contributed by atoms with van der Waals surface area (Å²) in [4.78, 5) is 4.48. The van der Waals surface area contributed by atoms with Crippen LogP contribution in [0.1, 0.15) is 17.0 Å². The zero-order chi connectivity index (χ0) is 13.9. The van der Waals surface area contributed by atoms with E-state index in [0.717, 1.165) is 17.1 Å². The molecule has 0 fully saturated rings. The highest BCUT2D eigenvalue weighted by molar-refractivity contribution is 9.08. The van der Waals surface area contributed by atoms with E-state index >= 15 is 0 Å². The van der Waals surface area contributed by atoms with Gasteiger partial charge in [0.1, 0.15) is 12.4 Å². The molecule has 20 heavy (non-hydrogen) atoms.